The molecule has 0 aliphatic rings. The van der Waals surface area contributed by atoms with Crippen molar-refractivity contribution in [2.24, 2.45) is 5.73 Å². The molecule has 0 fully saturated rings. The summed E-state index contributed by atoms with van der Waals surface area (Å²) in [6.45, 7) is 2.67. The zero-order valence-electron chi connectivity index (χ0n) is 12.2. The molecule has 0 atom stereocenters. The Morgan fingerprint density at radius 1 is 1.27 bits per heavy atom. The molecule has 0 aliphatic heterocycles. The fraction of sp³-hybridized carbons (Fsp3) is 0.176. The van der Waals surface area contributed by atoms with Gasteiger partial charge in [-0.15, -0.1) is 0 Å². The first-order valence-corrected chi connectivity index (χ1v) is 7.50. The molecule has 0 aliphatic carbocycles. The van der Waals surface area contributed by atoms with E-state index >= 15 is 0 Å². The molecule has 3 aromatic rings. The van der Waals surface area contributed by atoms with E-state index < -0.39 is 5.91 Å². The number of nitrogens with two attached hydrogens (primary N) is 1. The molecule has 0 spiro atoms. The Labute approximate surface area is 133 Å². The minimum atomic E-state index is -0.439. The molecule has 1 aromatic heterocycles. The molecule has 0 saturated carbocycles. The maximum atomic E-state index is 11.4. The Morgan fingerprint density at radius 3 is 2.73 bits per heavy atom. The third-order valence-corrected chi connectivity index (χ3v) is 4.08. The summed E-state index contributed by atoms with van der Waals surface area (Å²) in [5, 5.41) is 0.720. The largest absolute Gasteiger partial charge is 0.366 e. The fourth-order valence-corrected chi connectivity index (χ4v) is 2.76. The van der Waals surface area contributed by atoms with Gasteiger partial charge in [-0.3, -0.25) is 4.79 Å². The number of aryl methyl sites for hydroxylation is 1. The van der Waals surface area contributed by atoms with E-state index in [1.807, 2.05) is 30.3 Å². The van der Waals surface area contributed by atoms with Gasteiger partial charge in [-0.25, -0.2) is 4.98 Å². The molecule has 22 heavy (non-hydrogen) atoms. The number of aromatic nitrogens is 2. The first-order chi connectivity index (χ1) is 10.6. The van der Waals surface area contributed by atoms with E-state index in [1.54, 1.807) is 12.1 Å². The molecule has 3 rings (SSSR count). The monoisotopic (exact) mass is 313 g/mol. The predicted octanol–water partition coefficient (Wildman–Crippen LogP) is 3.40. The third kappa shape index (κ3) is 2.57. The molecule has 0 bridgehead atoms. The van der Waals surface area contributed by atoms with Gasteiger partial charge in [-0.1, -0.05) is 36.7 Å². The van der Waals surface area contributed by atoms with E-state index in [2.05, 4.69) is 16.5 Å². The van der Waals surface area contributed by atoms with Crippen LogP contribution < -0.4 is 5.73 Å². The number of amides is 1. The van der Waals surface area contributed by atoms with Crippen LogP contribution in [0.2, 0.25) is 5.02 Å². The van der Waals surface area contributed by atoms with Crippen molar-refractivity contribution in [2.75, 3.05) is 0 Å². The Bertz CT molecular complexity index is 854. The van der Waals surface area contributed by atoms with Crippen molar-refractivity contribution in [3.63, 3.8) is 0 Å². The topological polar surface area (TPSA) is 60.9 Å². The minimum Gasteiger partial charge on any atom is -0.366 e. The molecule has 4 nitrogen and oxygen atoms in total. The van der Waals surface area contributed by atoms with Gasteiger partial charge in [0.15, 0.2) is 0 Å². The number of fused-ring (bicyclic) bond motifs is 1. The van der Waals surface area contributed by atoms with Gasteiger partial charge in [-0.2, -0.15) is 0 Å². The van der Waals surface area contributed by atoms with Crippen LogP contribution in [0.1, 0.15) is 28.7 Å². The summed E-state index contributed by atoms with van der Waals surface area (Å²) in [5.41, 5.74) is 8.63. The Hall–Kier alpha value is -2.33. The van der Waals surface area contributed by atoms with Gasteiger partial charge in [0.1, 0.15) is 5.82 Å². The van der Waals surface area contributed by atoms with Crippen LogP contribution >= 0.6 is 11.6 Å². The lowest BCUT2D eigenvalue weighted by Crippen LogP contribution is -2.11. The number of primary amides is 1. The average Bonchev–Trinajstić information content (AvgIpc) is 2.86. The molecule has 112 valence electrons. The maximum Gasteiger partial charge on any atom is 0.248 e. The number of halogens is 1. The van der Waals surface area contributed by atoms with Crippen LogP contribution in [0.5, 0.6) is 0 Å². The summed E-state index contributed by atoms with van der Waals surface area (Å²) in [7, 11) is 0. The van der Waals surface area contributed by atoms with Crippen LogP contribution in [0.4, 0.5) is 0 Å². The summed E-state index contributed by atoms with van der Waals surface area (Å²) in [5.74, 6) is 0.516. The smallest absolute Gasteiger partial charge is 0.248 e. The highest BCUT2D eigenvalue weighted by Crippen LogP contribution is 2.23. The summed E-state index contributed by atoms with van der Waals surface area (Å²) in [6, 6.07) is 13.1. The Kier molecular flexibility index (Phi) is 3.86. The number of carbonyl (C=O) groups is 1. The minimum absolute atomic E-state index is 0.439. The SMILES string of the molecule is CCc1nc2ccc(C(N)=O)cc2n1Cc1ccccc1Cl. The average molecular weight is 314 g/mol. The molecule has 0 unspecified atom stereocenters. The number of nitrogens with zero attached hydrogens (tertiary/aromatic N) is 2. The number of benzene rings is 2. The maximum absolute atomic E-state index is 11.4. The first kappa shape index (κ1) is 14.6. The highest BCUT2D eigenvalue weighted by Gasteiger charge is 2.13. The first-order valence-electron chi connectivity index (χ1n) is 7.12. The molecular weight excluding hydrogens is 298 g/mol. The van der Waals surface area contributed by atoms with E-state index in [0.717, 1.165) is 33.9 Å². The summed E-state index contributed by atoms with van der Waals surface area (Å²) >= 11 is 6.26. The fourth-order valence-electron chi connectivity index (χ4n) is 2.57. The van der Waals surface area contributed by atoms with Crippen LogP contribution in [0.15, 0.2) is 42.5 Å². The number of carbonyl (C=O) groups excluding carboxylic acids is 1. The lowest BCUT2D eigenvalue weighted by atomic mass is 10.2. The second-order valence-corrected chi connectivity index (χ2v) is 5.53. The van der Waals surface area contributed by atoms with Crippen molar-refractivity contribution in [3.05, 3.63) is 64.4 Å². The Morgan fingerprint density at radius 2 is 2.05 bits per heavy atom. The normalized spacial score (nSPS) is 11.0. The van der Waals surface area contributed by atoms with Gasteiger partial charge in [0.05, 0.1) is 17.6 Å². The van der Waals surface area contributed by atoms with E-state index in [9.17, 15) is 4.79 Å². The van der Waals surface area contributed by atoms with Crippen molar-refractivity contribution >= 4 is 28.5 Å². The van der Waals surface area contributed by atoms with Gasteiger partial charge >= 0.3 is 0 Å². The molecular formula is C17H16ClN3O. The van der Waals surface area contributed by atoms with Gasteiger partial charge in [0.25, 0.3) is 0 Å². The predicted molar refractivity (Wildman–Crippen MR) is 88.2 cm³/mol. The number of rotatable bonds is 4. The van der Waals surface area contributed by atoms with Crippen molar-refractivity contribution in [2.45, 2.75) is 19.9 Å². The number of hydrogen-bond donors (Lipinski definition) is 1. The standard InChI is InChI=1S/C17H16ClN3O/c1-2-16-20-14-8-7-11(17(19)22)9-15(14)21(16)10-12-5-3-4-6-13(12)18/h3-9H,2,10H2,1H3,(H2,19,22). The van der Waals surface area contributed by atoms with E-state index in [1.165, 1.54) is 0 Å². The molecule has 1 amide bonds. The van der Waals surface area contributed by atoms with Gasteiger partial charge in [0, 0.05) is 17.0 Å². The second-order valence-electron chi connectivity index (χ2n) is 5.13. The zero-order chi connectivity index (χ0) is 15.7. The van der Waals surface area contributed by atoms with Crippen LogP contribution in [-0.2, 0) is 13.0 Å². The second kappa shape index (κ2) is 5.81. The molecule has 2 aromatic carbocycles. The van der Waals surface area contributed by atoms with E-state index in [-0.39, 0.29) is 0 Å². The summed E-state index contributed by atoms with van der Waals surface area (Å²) in [6.07, 6.45) is 0.797. The van der Waals surface area contributed by atoms with Crippen molar-refractivity contribution in [3.8, 4) is 0 Å². The van der Waals surface area contributed by atoms with Gasteiger partial charge < -0.3 is 10.3 Å². The summed E-state index contributed by atoms with van der Waals surface area (Å²) < 4.78 is 2.09. The van der Waals surface area contributed by atoms with E-state index in [4.69, 9.17) is 17.3 Å². The zero-order valence-corrected chi connectivity index (χ0v) is 13.0. The van der Waals surface area contributed by atoms with Gasteiger partial charge in [-0.05, 0) is 29.8 Å². The van der Waals surface area contributed by atoms with Gasteiger partial charge in [0.2, 0.25) is 5.91 Å². The molecule has 0 saturated heterocycles. The lowest BCUT2D eigenvalue weighted by molar-refractivity contribution is 0.100. The molecule has 1 heterocycles. The van der Waals surface area contributed by atoms with Crippen LogP contribution in [0.3, 0.4) is 0 Å². The molecule has 5 heteroatoms. The van der Waals surface area contributed by atoms with E-state index in [0.29, 0.717) is 12.1 Å². The van der Waals surface area contributed by atoms with Crippen molar-refractivity contribution in [1.29, 1.82) is 0 Å². The van der Waals surface area contributed by atoms with Crippen LogP contribution in [0.25, 0.3) is 11.0 Å². The lowest BCUT2D eigenvalue weighted by Gasteiger charge is -2.10. The highest BCUT2D eigenvalue weighted by molar-refractivity contribution is 6.31. The third-order valence-electron chi connectivity index (χ3n) is 3.71. The van der Waals surface area contributed by atoms with Crippen molar-refractivity contribution < 1.29 is 4.79 Å². The quantitative estimate of drug-likeness (QED) is 0.802. The highest BCUT2D eigenvalue weighted by atomic mass is 35.5. The molecule has 0 radical (unpaired) electrons. The number of hydrogen-bond acceptors (Lipinski definition) is 2. The summed E-state index contributed by atoms with van der Waals surface area (Å²) in [4.78, 5) is 16.0. The Balaban J connectivity index is 2.15. The number of imidazole rings is 1. The van der Waals surface area contributed by atoms with Crippen LogP contribution in [-0.4, -0.2) is 15.5 Å². The molecule has 2 N–H and O–H groups in total. The van der Waals surface area contributed by atoms with Crippen molar-refractivity contribution in [1.82, 2.24) is 9.55 Å². The van der Waals surface area contributed by atoms with Crippen LogP contribution in [0, 0.1) is 0 Å².